The van der Waals surface area contributed by atoms with E-state index in [0.717, 1.165) is 12.0 Å². The Morgan fingerprint density at radius 1 is 1.41 bits per heavy atom. The molecule has 1 unspecified atom stereocenters. The van der Waals surface area contributed by atoms with Gasteiger partial charge in [-0.2, -0.15) is 0 Å². The van der Waals surface area contributed by atoms with Crippen molar-refractivity contribution in [3.8, 4) is 5.88 Å². The summed E-state index contributed by atoms with van der Waals surface area (Å²) in [6.07, 6.45) is 2.49. The molecule has 4 heteroatoms. The molecule has 4 nitrogen and oxygen atoms in total. The quantitative estimate of drug-likeness (QED) is 0.536. The van der Waals surface area contributed by atoms with Gasteiger partial charge in [-0.3, -0.25) is 0 Å². The van der Waals surface area contributed by atoms with Crippen molar-refractivity contribution in [3.63, 3.8) is 0 Å². The third-order valence-electron chi connectivity index (χ3n) is 2.23. The van der Waals surface area contributed by atoms with Crippen molar-refractivity contribution in [3.05, 3.63) is 35.3 Å². The van der Waals surface area contributed by atoms with Crippen molar-refractivity contribution in [1.82, 2.24) is 4.98 Å². The number of aromatic nitrogens is 1. The number of ether oxygens (including phenoxy) is 2. The summed E-state index contributed by atoms with van der Waals surface area (Å²) in [5.74, 6) is 0.601. The van der Waals surface area contributed by atoms with Crippen LogP contribution in [-0.2, 0) is 11.2 Å². The molecule has 1 atom stereocenters. The largest absolute Gasteiger partial charge is 0.475 e. The molecule has 0 radical (unpaired) electrons. The standard InChI is InChI=1S/C13H18N2O2/c1-4-16-7-8-17-13-6-5-12(10-15-13)9-11(2)14-3/h5-6,10-11H,4,7-9H2,1-2H3. The summed E-state index contributed by atoms with van der Waals surface area (Å²) >= 11 is 0. The van der Waals surface area contributed by atoms with Crippen LogP contribution in [0.25, 0.3) is 4.85 Å². The smallest absolute Gasteiger partial charge is 0.225 e. The fourth-order valence-electron chi connectivity index (χ4n) is 1.35. The molecule has 92 valence electrons. The van der Waals surface area contributed by atoms with Crippen molar-refractivity contribution in [2.45, 2.75) is 26.3 Å². The number of nitrogens with zero attached hydrogens (tertiary/aromatic N) is 2. The van der Waals surface area contributed by atoms with Gasteiger partial charge >= 0.3 is 0 Å². The van der Waals surface area contributed by atoms with Gasteiger partial charge in [0, 0.05) is 32.2 Å². The molecule has 0 aliphatic rings. The molecule has 0 aromatic carbocycles. The van der Waals surface area contributed by atoms with Gasteiger partial charge in [0.2, 0.25) is 11.9 Å². The molecule has 0 spiro atoms. The van der Waals surface area contributed by atoms with Gasteiger partial charge in [0.05, 0.1) is 6.61 Å². The van der Waals surface area contributed by atoms with Crippen molar-refractivity contribution < 1.29 is 9.47 Å². The molecule has 0 amide bonds. The average molecular weight is 234 g/mol. The van der Waals surface area contributed by atoms with Crippen LogP contribution in [0.5, 0.6) is 5.88 Å². The summed E-state index contributed by atoms with van der Waals surface area (Å²) < 4.78 is 10.6. The highest BCUT2D eigenvalue weighted by atomic mass is 16.5. The molecule has 0 saturated heterocycles. The molecule has 0 aliphatic carbocycles. The number of hydrogen-bond donors (Lipinski definition) is 0. The zero-order valence-electron chi connectivity index (χ0n) is 10.3. The predicted octanol–water partition coefficient (Wildman–Crippen LogP) is 2.35. The van der Waals surface area contributed by atoms with Crippen molar-refractivity contribution in [2.24, 2.45) is 0 Å². The lowest BCUT2D eigenvalue weighted by atomic mass is 10.1. The first-order valence-corrected chi connectivity index (χ1v) is 5.78. The van der Waals surface area contributed by atoms with E-state index in [1.807, 2.05) is 26.0 Å². The van der Waals surface area contributed by atoms with E-state index in [1.54, 1.807) is 6.20 Å². The highest BCUT2D eigenvalue weighted by molar-refractivity contribution is 5.19. The second-order valence-electron chi connectivity index (χ2n) is 3.73. The molecule has 0 saturated carbocycles. The zero-order chi connectivity index (χ0) is 12.5. The minimum atomic E-state index is 0.00141. The normalized spacial score (nSPS) is 11.8. The van der Waals surface area contributed by atoms with E-state index in [0.29, 0.717) is 25.7 Å². The van der Waals surface area contributed by atoms with E-state index >= 15 is 0 Å². The van der Waals surface area contributed by atoms with E-state index in [1.165, 1.54) is 0 Å². The summed E-state index contributed by atoms with van der Waals surface area (Å²) in [6, 6.07) is 3.78. The molecular formula is C13H18N2O2. The monoisotopic (exact) mass is 234 g/mol. The fraction of sp³-hybridized carbons (Fsp3) is 0.538. The Kier molecular flexibility index (Phi) is 6.05. The van der Waals surface area contributed by atoms with Gasteiger partial charge in [0.25, 0.3) is 0 Å². The number of hydrogen-bond acceptors (Lipinski definition) is 3. The first kappa shape index (κ1) is 13.5. The van der Waals surface area contributed by atoms with Crippen LogP contribution in [0, 0.1) is 6.57 Å². The third-order valence-corrected chi connectivity index (χ3v) is 2.23. The molecule has 0 fully saturated rings. The van der Waals surface area contributed by atoms with Crippen LogP contribution in [0.15, 0.2) is 18.3 Å². The molecule has 0 bridgehead atoms. The average Bonchev–Trinajstić information content (AvgIpc) is 2.36. The predicted molar refractivity (Wildman–Crippen MR) is 66.0 cm³/mol. The summed E-state index contributed by atoms with van der Waals surface area (Å²) in [5.41, 5.74) is 1.06. The van der Waals surface area contributed by atoms with Crippen molar-refractivity contribution >= 4 is 0 Å². The van der Waals surface area contributed by atoms with Gasteiger partial charge in [-0.1, -0.05) is 6.07 Å². The Labute approximate surface area is 102 Å². The lowest BCUT2D eigenvalue weighted by Crippen LogP contribution is -2.07. The van der Waals surface area contributed by atoms with Gasteiger partial charge in [0.1, 0.15) is 6.61 Å². The molecule has 1 heterocycles. The van der Waals surface area contributed by atoms with Crippen LogP contribution in [-0.4, -0.2) is 30.8 Å². The second-order valence-corrected chi connectivity index (χ2v) is 3.73. The summed E-state index contributed by atoms with van der Waals surface area (Å²) in [5, 5.41) is 0. The Hall–Kier alpha value is -1.60. The maximum atomic E-state index is 6.90. The van der Waals surface area contributed by atoms with Crippen LogP contribution in [0.1, 0.15) is 19.4 Å². The Bertz CT molecular complexity index is 357. The Morgan fingerprint density at radius 2 is 2.24 bits per heavy atom. The topological polar surface area (TPSA) is 35.7 Å². The lowest BCUT2D eigenvalue weighted by Gasteiger charge is -2.06. The van der Waals surface area contributed by atoms with Crippen LogP contribution in [0.3, 0.4) is 0 Å². The van der Waals surface area contributed by atoms with E-state index in [9.17, 15) is 0 Å². The molecular weight excluding hydrogens is 216 g/mol. The highest BCUT2D eigenvalue weighted by Gasteiger charge is 2.06. The lowest BCUT2D eigenvalue weighted by molar-refractivity contribution is 0.108. The van der Waals surface area contributed by atoms with E-state index in [-0.39, 0.29) is 6.04 Å². The van der Waals surface area contributed by atoms with Crippen molar-refractivity contribution in [2.75, 3.05) is 19.8 Å². The first-order chi connectivity index (χ1) is 8.26. The Morgan fingerprint density at radius 3 is 2.82 bits per heavy atom. The molecule has 0 N–H and O–H groups in total. The fourth-order valence-corrected chi connectivity index (χ4v) is 1.35. The molecule has 1 aromatic heterocycles. The zero-order valence-corrected chi connectivity index (χ0v) is 10.3. The molecule has 17 heavy (non-hydrogen) atoms. The van der Waals surface area contributed by atoms with Gasteiger partial charge in [0.15, 0.2) is 0 Å². The van der Waals surface area contributed by atoms with Crippen LogP contribution in [0.2, 0.25) is 0 Å². The van der Waals surface area contributed by atoms with E-state index < -0.39 is 0 Å². The van der Waals surface area contributed by atoms with Gasteiger partial charge in [-0.05, 0) is 12.5 Å². The van der Waals surface area contributed by atoms with Crippen LogP contribution in [0.4, 0.5) is 0 Å². The SMILES string of the molecule is [C-]#[N+]C(C)Cc1ccc(OCCOCC)nc1. The van der Waals surface area contributed by atoms with E-state index in [2.05, 4.69) is 9.83 Å². The van der Waals surface area contributed by atoms with E-state index in [4.69, 9.17) is 16.0 Å². The number of rotatable bonds is 7. The maximum absolute atomic E-state index is 6.90. The minimum absolute atomic E-state index is 0.00141. The summed E-state index contributed by atoms with van der Waals surface area (Å²) in [6.45, 7) is 12.5. The van der Waals surface area contributed by atoms with Gasteiger partial charge < -0.3 is 14.3 Å². The maximum Gasteiger partial charge on any atom is 0.225 e. The third kappa shape index (κ3) is 5.32. The van der Waals surface area contributed by atoms with Crippen LogP contribution >= 0.6 is 0 Å². The summed E-state index contributed by atoms with van der Waals surface area (Å²) in [7, 11) is 0. The second kappa shape index (κ2) is 7.64. The van der Waals surface area contributed by atoms with Gasteiger partial charge in [-0.15, -0.1) is 0 Å². The molecule has 1 rings (SSSR count). The van der Waals surface area contributed by atoms with Gasteiger partial charge in [-0.25, -0.2) is 11.6 Å². The van der Waals surface area contributed by atoms with Crippen molar-refractivity contribution in [1.29, 1.82) is 0 Å². The first-order valence-electron chi connectivity index (χ1n) is 5.78. The summed E-state index contributed by atoms with van der Waals surface area (Å²) in [4.78, 5) is 7.63. The van der Waals surface area contributed by atoms with Crippen LogP contribution < -0.4 is 4.74 Å². The molecule has 0 aliphatic heterocycles. The number of pyridine rings is 1. The highest BCUT2D eigenvalue weighted by Crippen LogP contribution is 2.10. The molecule has 1 aromatic rings. The Balaban J connectivity index is 2.37. The minimum Gasteiger partial charge on any atom is -0.475 e.